The first-order valence-electron chi connectivity index (χ1n) is 10.6. The van der Waals surface area contributed by atoms with E-state index >= 15 is 0 Å². The zero-order chi connectivity index (χ0) is 20.4. The summed E-state index contributed by atoms with van der Waals surface area (Å²) >= 11 is 0. The predicted octanol–water partition coefficient (Wildman–Crippen LogP) is 3.66. The van der Waals surface area contributed by atoms with Gasteiger partial charge in [0.25, 0.3) is 0 Å². The zero-order valence-electron chi connectivity index (χ0n) is 17.3. The van der Waals surface area contributed by atoms with Crippen molar-refractivity contribution in [3.8, 4) is 0 Å². The number of hydrogen-bond donors (Lipinski definition) is 2. The van der Waals surface area contributed by atoms with Crippen LogP contribution in [0.2, 0.25) is 0 Å². The first-order valence-corrected chi connectivity index (χ1v) is 10.6. The predicted molar refractivity (Wildman–Crippen MR) is 111 cm³/mol. The van der Waals surface area contributed by atoms with Crippen LogP contribution in [0.25, 0.3) is 0 Å². The molecule has 2 N–H and O–H groups in total. The van der Waals surface area contributed by atoms with Gasteiger partial charge in [-0.1, -0.05) is 57.4 Å². The Labute approximate surface area is 168 Å². The molecule has 1 aliphatic carbocycles. The third-order valence-corrected chi connectivity index (χ3v) is 5.22. The van der Waals surface area contributed by atoms with Crippen molar-refractivity contribution in [2.24, 2.45) is 11.8 Å². The number of amides is 2. The van der Waals surface area contributed by atoms with Crippen LogP contribution in [0.1, 0.15) is 74.7 Å². The Balaban J connectivity index is 1.61. The fraction of sp³-hybridized carbons (Fsp3) is 0.609. The van der Waals surface area contributed by atoms with E-state index in [4.69, 9.17) is 0 Å². The topological polar surface area (TPSA) is 75.3 Å². The maximum Gasteiger partial charge on any atom is 0.223 e. The van der Waals surface area contributed by atoms with Gasteiger partial charge in [0.2, 0.25) is 11.8 Å². The molecule has 154 valence electrons. The van der Waals surface area contributed by atoms with E-state index in [9.17, 15) is 14.4 Å². The van der Waals surface area contributed by atoms with Crippen LogP contribution in [0.5, 0.6) is 0 Å². The van der Waals surface area contributed by atoms with Crippen molar-refractivity contribution in [2.75, 3.05) is 13.1 Å². The van der Waals surface area contributed by atoms with Crippen molar-refractivity contribution >= 4 is 17.6 Å². The van der Waals surface area contributed by atoms with Crippen molar-refractivity contribution in [3.63, 3.8) is 0 Å². The van der Waals surface area contributed by atoms with E-state index in [0.717, 1.165) is 32.1 Å². The number of rotatable bonds is 10. The van der Waals surface area contributed by atoms with Gasteiger partial charge in [-0.3, -0.25) is 14.4 Å². The lowest BCUT2D eigenvalue weighted by Crippen LogP contribution is -2.38. The van der Waals surface area contributed by atoms with Gasteiger partial charge in [-0.15, -0.1) is 0 Å². The largest absolute Gasteiger partial charge is 0.354 e. The summed E-state index contributed by atoms with van der Waals surface area (Å²) in [5, 5.41) is 5.67. The maximum absolute atomic E-state index is 12.2. The summed E-state index contributed by atoms with van der Waals surface area (Å²) in [7, 11) is 0. The van der Waals surface area contributed by atoms with E-state index < -0.39 is 0 Å². The summed E-state index contributed by atoms with van der Waals surface area (Å²) in [5.74, 6) is 0.644. The van der Waals surface area contributed by atoms with E-state index in [0.29, 0.717) is 24.6 Å². The highest BCUT2D eigenvalue weighted by Crippen LogP contribution is 2.23. The highest BCUT2D eigenvalue weighted by atomic mass is 16.2. The lowest BCUT2D eigenvalue weighted by atomic mass is 9.89. The quantitative estimate of drug-likeness (QED) is 0.476. The number of Topliss-reactive ketones (excluding diaryl/α,β-unsaturated/α-hetero) is 1. The standard InChI is InChI=1S/C23H34N2O3/c1-17(2)16-18-8-10-19(11-9-18)21(26)12-13-22(27)24-14-15-25-23(28)20-6-4-3-5-7-20/h8-11,17,20H,3-7,12-16H2,1-2H3,(H,24,27)(H,25,28). The van der Waals surface area contributed by atoms with Crippen LogP contribution in [-0.2, 0) is 16.0 Å². The average Bonchev–Trinajstić information content (AvgIpc) is 2.70. The van der Waals surface area contributed by atoms with Crippen LogP contribution in [0.15, 0.2) is 24.3 Å². The highest BCUT2D eigenvalue weighted by molar-refractivity contribution is 5.97. The molecule has 1 fully saturated rings. The highest BCUT2D eigenvalue weighted by Gasteiger charge is 2.20. The van der Waals surface area contributed by atoms with E-state index in [1.165, 1.54) is 12.0 Å². The van der Waals surface area contributed by atoms with Gasteiger partial charge < -0.3 is 10.6 Å². The van der Waals surface area contributed by atoms with Crippen molar-refractivity contribution in [3.05, 3.63) is 35.4 Å². The second-order valence-electron chi connectivity index (χ2n) is 8.19. The Kier molecular flexibility index (Phi) is 9.18. The number of carbonyl (C=O) groups excluding carboxylic acids is 3. The molecule has 0 radical (unpaired) electrons. The van der Waals surface area contributed by atoms with Gasteiger partial charge in [0, 0.05) is 37.4 Å². The number of hydrogen-bond acceptors (Lipinski definition) is 3. The van der Waals surface area contributed by atoms with Gasteiger partial charge in [0.1, 0.15) is 0 Å². The fourth-order valence-corrected chi connectivity index (χ4v) is 3.65. The number of nitrogens with one attached hydrogen (secondary N) is 2. The molecule has 0 aliphatic heterocycles. The summed E-state index contributed by atoms with van der Waals surface area (Å²) in [6, 6.07) is 7.67. The summed E-state index contributed by atoms with van der Waals surface area (Å²) in [6.45, 7) is 5.17. The second kappa shape index (κ2) is 11.6. The smallest absolute Gasteiger partial charge is 0.223 e. The molecule has 1 aliphatic rings. The van der Waals surface area contributed by atoms with Crippen LogP contribution in [0.4, 0.5) is 0 Å². The molecule has 0 atom stereocenters. The third-order valence-electron chi connectivity index (χ3n) is 5.22. The van der Waals surface area contributed by atoms with Crippen LogP contribution < -0.4 is 10.6 Å². The SMILES string of the molecule is CC(C)Cc1ccc(C(=O)CCC(=O)NCCNC(=O)C2CCCCC2)cc1. The van der Waals surface area contributed by atoms with Crippen LogP contribution in [-0.4, -0.2) is 30.7 Å². The Bertz CT molecular complexity index is 646. The minimum absolute atomic E-state index is 0.0168. The van der Waals surface area contributed by atoms with Crippen LogP contribution in [0, 0.1) is 11.8 Å². The van der Waals surface area contributed by atoms with Crippen molar-refractivity contribution < 1.29 is 14.4 Å². The summed E-state index contributed by atoms with van der Waals surface area (Å²) in [4.78, 5) is 36.2. The second-order valence-corrected chi connectivity index (χ2v) is 8.19. The Morgan fingerprint density at radius 1 is 0.929 bits per heavy atom. The molecular formula is C23H34N2O3. The normalized spacial score (nSPS) is 14.7. The first kappa shape index (κ1) is 22.1. The Hall–Kier alpha value is -2.17. The van der Waals surface area contributed by atoms with Gasteiger partial charge in [-0.25, -0.2) is 0 Å². The monoisotopic (exact) mass is 386 g/mol. The van der Waals surface area contributed by atoms with E-state index in [-0.39, 0.29) is 36.4 Å². The average molecular weight is 387 g/mol. The van der Waals surface area contributed by atoms with Gasteiger partial charge in [-0.2, -0.15) is 0 Å². The number of benzene rings is 1. The molecule has 0 unspecified atom stereocenters. The number of carbonyl (C=O) groups is 3. The molecule has 0 spiro atoms. The Morgan fingerprint density at radius 2 is 1.57 bits per heavy atom. The van der Waals surface area contributed by atoms with E-state index in [2.05, 4.69) is 24.5 Å². The van der Waals surface area contributed by atoms with Crippen molar-refractivity contribution in [1.82, 2.24) is 10.6 Å². The van der Waals surface area contributed by atoms with Gasteiger partial charge in [0.15, 0.2) is 5.78 Å². The number of ketones is 1. The first-order chi connectivity index (χ1) is 13.5. The molecule has 1 aromatic carbocycles. The minimum Gasteiger partial charge on any atom is -0.354 e. The summed E-state index contributed by atoms with van der Waals surface area (Å²) in [5.41, 5.74) is 1.87. The third kappa shape index (κ3) is 7.83. The summed E-state index contributed by atoms with van der Waals surface area (Å²) < 4.78 is 0. The van der Waals surface area contributed by atoms with Gasteiger partial charge in [-0.05, 0) is 30.7 Å². The fourth-order valence-electron chi connectivity index (χ4n) is 3.65. The molecule has 0 heterocycles. The molecule has 5 heteroatoms. The molecular weight excluding hydrogens is 352 g/mol. The van der Waals surface area contributed by atoms with Crippen molar-refractivity contribution in [2.45, 2.75) is 65.2 Å². The molecule has 0 saturated heterocycles. The molecule has 1 saturated carbocycles. The molecule has 0 bridgehead atoms. The molecule has 0 aromatic heterocycles. The molecule has 5 nitrogen and oxygen atoms in total. The molecule has 28 heavy (non-hydrogen) atoms. The lowest BCUT2D eigenvalue weighted by molar-refractivity contribution is -0.126. The molecule has 2 rings (SSSR count). The molecule has 2 amide bonds. The van der Waals surface area contributed by atoms with Crippen molar-refractivity contribution in [1.29, 1.82) is 0 Å². The van der Waals surface area contributed by atoms with Gasteiger partial charge in [0.05, 0.1) is 0 Å². The summed E-state index contributed by atoms with van der Waals surface area (Å²) in [6.07, 6.45) is 6.78. The maximum atomic E-state index is 12.2. The minimum atomic E-state index is -0.156. The van der Waals surface area contributed by atoms with Gasteiger partial charge >= 0.3 is 0 Å². The van der Waals surface area contributed by atoms with E-state index in [1.807, 2.05) is 24.3 Å². The van der Waals surface area contributed by atoms with E-state index in [1.54, 1.807) is 0 Å². The zero-order valence-corrected chi connectivity index (χ0v) is 17.3. The van der Waals surface area contributed by atoms with Crippen LogP contribution >= 0.6 is 0 Å². The Morgan fingerprint density at radius 3 is 2.21 bits per heavy atom. The van der Waals surface area contributed by atoms with Crippen LogP contribution in [0.3, 0.4) is 0 Å². The molecule has 1 aromatic rings. The lowest BCUT2D eigenvalue weighted by Gasteiger charge is -2.20.